The van der Waals surface area contributed by atoms with Crippen LogP contribution >= 0.6 is 0 Å². The Hall–Kier alpha value is -3.68. The first-order chi connectivity index (χ1) is 24.1. The zero-order valence-electron chi connectivity index (χ0n) is 31.1. The van der Waals surface area contributed by atoms with Gasteiger partial charge in [-0.25, -0.2) is 4.79 Å². The van der Waals surface area contributed by atoms with Gasteiger partial charge in [-0.2, -0.15) is 8.78 Å². The van der Waals surface area contributed by atoms with Crippen molar-refractivity contribution in [2.24, 2.45) is 0 Å². The van der Waals surface area contributed by atoms with Crippen molar-refractivity contribution in [2.75, 3.05) is 24.7 Å². The number of anilines is 2. The SMILES string of the molecule is C[Si](C)(C)O[Si](C)(C)CCCOc1ccc(C(F)(F)Oc2ccc(/C=C/C(=O)OCCCCCCCCCCc3ccc(N)cc3N)cc2)cc1. The summed E-state index contributed by atoms with van der Waals surface area (Å²) in [6.45, 7) is 11.9. The molecule has 280 valence electrons. The van der Waals surface area contributed by atoms with Gasteiger partial charge in [-0.05, 0) is 130 Å². The molecule has 0 aliphatic rings. The fourth-order valence-electron chi connectivity index (χ4n) is 5.87. The van der Waals surface area contributed by atoms with E-state index >= 15 is 0 Å². The summed E-state index contributed by atoms with van der Waals surface area (Å²) in [5, 5.41) is 0. The number of rotatable bonds is 23. The first-order valence-electron chi connectivity index (χ1n) is 18.2. The molecule has 3 aromatic rings. The van der Waals surface area contributed by atoms with E-state index in [9.17, 15) is 13.6 Å². The molecule has 0 aliphatic heterocycles. The smallest absolute Gasteiger partial charge is 0.426 e. The van der Waals surface area contributed by atoms with Crippen molar-refractivity contribution in [3.8, 4) is 11.5 Å². The van der Waals surface area contributed by atoms with Crippen molar-refractivity contribution in [1.29, 1.82) is 0 Å². The number of hydrogen-bond donors (Lipinski definition) is 2. The highest BCUT2D eigenvalue weighted by Crippen LogP contribution is 2.33. The van der Waals surface area contributed by atoms with Gasteiger partial charge in [0.25, 0.3) is 0 Å². The van der Waals surface area contributed by atoms with E-state index in [0.29, 0.717) is 30.2 Å². The molecule has 0 spiro atoms. The number of halogens is 2. The number of carbonyl (C=O) groups is 1. The zero-order chi connectivity index (χ0) is 37.3. The number of carbonyl (C=O) groups excluding carboxylic acids is 1. The van der Waals surface area contributed by atoms with E-state index in [1.54, 1.807) is 18.2 Å². The topological polar surface area (TPSA) is 106 Å². The van der Waals surface area contributed by atoms with Gasteiger partial charge < -0.3 is 29.8 Å². The molecule has 0 heterocycles. The summed E-state index contributed by atoms with van der Waals surface area (Å²) < 4.78 is 52.3. The molecule has 7 nitrogen and oxygen atoms in total. The molecule has 0 amide bonds. The van der Waals surface area contributed by atoms with E-state index in [2.05, 4.69) is 32.7 Å². The average molecular weight is 741 g/mol. The Morgan fingerprint density at radius 2 is 1.35 bits per heavy atom. The third-order valence-electron chi connectivity index (χ3n) is 8.26. The van der Waals surface area contributed by atoms with Gasteiger partial charge in [-0.1, -0.05) is 56.7 Å². The maximum Gasteiger partial charge on any atom is 0.426 e. The molecule has 0 aromatic heterocycles. The number of alkyl halides is 2. The minimum atomic E-state index is -3.53. The first kappa shape index (κ1) is 41.7. The van der Waals surface area contributed by atoms with Crippen molar-refractivity contribution in [3.05, 3.63) is 89.5 Å². The molecule has 0 aliphatic carbocycles. The van der Waals surface area contributed by atoms with Crippen molar-refractivity contribution >= 4 is 40.1 Å². The third-order valence-corrected chi connectivity index (χ3v) is 14.5. The number of unbranched alkanes of at least 4 members (excludes halogenated alkanes) is 7. The predicted octanol–water partition coefficient (Wildman–Crippen LogP) is 10.7. The van der Waals surface area contributed by atoms with Gasteiger partial charge in [0.2, 0.25) is 0 Å². The summed E-state index contributed by atoms with van der Waals surface area (Å²) in [6, 6.07) is 18.5. The van der Waals surface area contributed by atoms with Crippen LogP contribution < -0.4 is 20.9 Å². The summed E-state index contributed by atoms with van der Waals surface area (Å²) >= 11 is 0. The van der Waals surface area contributed by atoms with Gasteiger partial charge in [0, 0.05) is 17.5 Å². The van der Waals surface area contributed by atoms with Crippen LogP contribution in [0.15, 0.2) is 72.8 Å². The van der Waals surface area contributed by atoms with Gasteiger partial charge in [-0.3, -0.25) is 0 Å². The van der Waals surface area contributed by atoms with Crippen LogP contribution in [0, 0.1) is 0 Å². The molecule has 11 heteroatoms. The van der Waals surface area contributed by atoms with Crippen LogP contribution in [0.5, 0.6) is 11.5 Å². The van der Waals surface area contributed by atoms with E-state index in [1.165, 1.54) is 73.7 Å². The Balaban J connectivity index is 1.27. The second-order valence-corrected chi connectivity index (χ2v) is 23.7. The molecule has 0 saturated heterocycles. The minimum Gasteiger partial charge on any atom is -0.494 e. The number of nitrogen functional groups attached to an aromatic ring is 2. The highest BCUT2D eigenvalue weighted by molar-refractivity contribution is 6.84. The largest absolute Gasteiger partial charge is 0.494 e. The van der Waals surface area contributed by atoms with Gasteiger partial charge in [0.05, 0.1) is 18.8 Å². The van der Waals surface area contributed by atoms with E-state index < -0.39 is 28.7 Å². The number of aryl methyl sites for hydroxylation is 1. The second kappa shape index (κ2) is 20.4. The maximum absolute atomic E-state index is 14.9. The van der Waals surface area contributed by atoms with Crippen LogP contribution in [0.1, 0.15) is 74.5 Å². The predicted molar refractivity (Wildman–Crippen MR) is 210 cm³/mol. The fourth-order valence-corrected chi connectivity index (χ4v) is 13.9. The third kappa shape index (κ3) is 16.9. The Morgan fingerprint density at radius 3 is 1.98 bits per heavy atom. The molecule has 3 rings (SSSR count). The van der Waals surface area contributed by atoms with Crippen LogP contribution in [-0.2, 0) is 26.2 Å². The standard InChI is InChI=1S/C40H58F2N2O5Si2/c1-50(2,3)49-51(4,5)30-14-29-46-36-25-20-34(21-26-36)40(41,42)48-37-23-16-32(17-24-37)18-27-39(45)47-28-13-11-9-7-6-8-10-12-15-33-19-22-35(43)31-38(33)44/h16-27,31H,6-15,28-30,43-44H2,1-5H3/b27-18+. The summed E-state index contributed by atoms with van der Waals surface area (Å²) in [5.41, 5.74) is 14.8. The molecular weight excluding hydrogens is 683 g/mol. The second-order valence-electron chi connectivity index (χ2n) is 14.7. The lowest BCUT2D eigenvalue weighted by Gasteiger charge is -2.31. The number of nitrogens with two attached hydrogens (primary N) is 2. The molecule has 0 fully saturated rings. The van der Waals surface area contributed by atoms with Crippen molar-refractivity contribution in [1.82, 2.24) is 0 Å². The molecule has 0 bridgehead atoms. The highest BCUT2D eigenvalue weighted by Gasteiger charge is 2.34. The summed E-state index contributed by atoms with van der Waals surface area (Å²) in [7, 11) is -3.33. The molecule has 0 unspecified atom stereocenters. The quantitative estimate of drug-likeness (QED) is 0.0328. The lowest BCUT2D eigenvalue weighted by atomic mass is 10.0. The molecule has 0 saturated carbocycles. The molecule has 0 atom stereocenters. The number of benzene rings is 3. The Morgan fingerprint density at radius 1 is 0.745 bits per heavy atom. The van der Waals surface area contributed by atoms with Gasteiger partial charge in [0.15, 0.2) is 16.6 Å². The van der Waals surface area contributed by atoms with E-state index in [-0.39, 0.29) is 11.3 Å². The first-order valence-corrected chi connectivity index (χ1v) is 24.7. The molecule has 0 radical (unpaired) electrons. The molecule has 51 heavy (non-hydrogen) atoms. The Bertz CT molecular complexity index is 1510. The fraction of sp³-hybridized carbons (Fsp3) is 0.475. The van der Waals surface area contributed by atoms with E-state index in [4.69, 9.17) is 29.8 Å². The number of esters is 1. The van der Waals surface area contributed by atoms with Gasteiger partial charge in [0.1, 0.15) is 11.5 Å². The maximum atomic E-state index is 14.9. The van der Waals surface area contributed by atoms with E-state index in [1.807, 2.05) is 18.2 Å². The molecule has 4 N–H and O–H groups in total. The average Bonchev–Trinajstić information content (AvgIpc) is 3.05. The van der Waals surface area contributed by atoms with Crippen molar-refractivity contribution in [2.45, 2.75) is 109 Å². The molecular formula is C40H58F2N2O5Si2. The summed E-state index contributed by atoms with van der Waals surface area (Å²) in [5.74, 6) is 0.110. The molecule has 3 aromatic carbocycles. The summed E-state index contributed by atoms with van der Waals surface area (Å²) in [6.07, 6.45) is 10.0. The Labute approximate surface area is 306 Å². The lowest BCUT2D eigenvalue weighted by Crippen LogP contribution is -2.42. The number of hydrogen-bond acceptors (Lipinski definition) is 7. The zero-order valence-corrected chi connectivity index (χ0v) is 33.1. The summed E-state index contributed by atoms with van der Waals surface area (Å²) in [4.78, 5) is 12.1. The van der Waals surface area contributed by atoms with Crippen molar-refractivity contribution in [3.63, 3.8) is 0 Å². The van der Waals surface area contributed by atoms with Crippen molar-refractivity contribution < 1.29 is 31.9 Å². The van der Waals surface area contributed by atoms with Crippen LogP contribution in [0.2, 0.25) is 38.8 Å². The van der Waals surface area contributed by atoms with Gasteiger partial charge in [-0.15, -0.1) is 0 Å². The Kier molecular flexibility index (Phi) is 16.7. The lowest BCUT2D eigenvalue weighted by molar-refractivity contribution is -0.185. The minimum absolute atomic E-state index is 0.00993. The van der Waals surface area contributed by atoms with Crippen LogP contribution in [-0.4, -0.2) is 35.8 Å². The normalized spacial score (nSPS) is 12.3. The van der Waals surface area contributed by atoms with E-state index in [0.717, 1.165) is 50.3 Å². The van der Waals surface area contributed by atoms with Crippen LogP contribution in [0.4, 0.5) is 20.2 Å². The monoisotopic (exact) mass is 740 g/mol. The number of ether oxygens (including phenoxy) is 3. The van der Waals surface area contributed by atoms with Crippen LogP contribution in [0.25, 0.3) is 6.08 Å². The van der Waals surface area contributed by atoms with Gasteiger partial charge >= 0.3 is 12.1 Å². The highest BCUT2D eigenvalue weighted by atomic mass is 28.4. The van der Waals surface area contributed by atoms with Crippen LogP contribution in [0.3, 0.4) is 0 Å².